The number of amides is 2. The van der Waals surface area contributed by atoms with Crippen LogP contribution in [-0.4, -0.2) is 18.3 Å². The van der Waals surface area contributed by atoms with E-state index >= 15 is 0 Å². The van der Waals surface area contributed by atoms with Gasteiger partial charge >= 0.3 is 6.03 Å². The summed E-state index contributed by atoms with van der Waals surface area (Å²) in [7, 11) is 0. The average molecular weight is 386 g/mol. The fourth-order valence-corrected chi connectivity index (χ4v) is 3.37. The van der Waals surface area contributed by atoms with Gasteiger partial charge in [0.1, 0.15) is 5.75 Å². The van der Waals surface area contributed by atoms with E-state index in [4.69, 9.17) is 15.9 Å². The van der Waals surface area contributed by atoms with E-state index in [1.54, 1.807) is 12.1 Å². The number of carbonyl (C=O) groups is 1. The van der Waals surface area contributed by atoms with Crippen molar-refractivity contribution < 1.29 is 9.53 Å². The van der Waals surface area contributed by atoms with Gasteiger partial charge in [0.25, 0.3) is 0 Å². The van der Waals surface area contributed by atoms with E-state index in [9.17, 15) is 4.79 Å². The van der Waals surface area contributed by atoms with Gasteiger partial charge in [-0.1, -0.05) is 54.6 Å². The van der Waals surface area contributed by atoms with Crippen LogP contribution in [0.15, 0.2) is 72.8 Å². The van der Waals surface area contributed by atoms with Crippen molar-refractivity contribution in [3.63, 3.8) is 0 Å². The molecule has 5 N–H and O–H groups in total. The first-order chi connectivity index (χ1) is 14.1. The lowest BCUT2D eigenvalue weighted by Gasteiger charge is -2.16. The van der Waals surface area contributed by atoms with Crippen molar-refractivity contribution in [2.75, 3.05) is 17.2 Å². The number of fused-ring (bicyclic) bond motifs is 1. The van der Waals surface area contributed by atoms with E-state index in [-0.39, 0.29) is 6.03 Å². The maximum atomic E-state index is 12.5. The first-order valence-corrected chi connectivity index (χ1v) is 9.44. The number of hydrogen-bond acceptors (Lipinski definition) is 4. The lowest BCUT2D eigenvalue weighted by Crippen LogP contribution is -2.23. The number of urea groups is 1. The zero-order valence-corrected chi connectivity index (χ0v) is 15.8. The first kappa shape index (κ1) is 18.7. The Morgan fingerprint density at radius 2 is 1.79 bits per heavy atom. The highest BCUT2D eigenvalue weighted by Crippen LogP contribution is 2.33. The highest BCUT2D eigenvalue weighted by Gasteiger charge is 2.18. The third-order valence-electron chi connectivity index (χ3n) is 4.86. The number of nitrogens with one attached hydrogen (secondary N) is 3. The largest absolute Gasteiger partial charge is 0.491 e. The third kappa shape index (κ3) is 4.12. The van der Waals surface area contributed by atoms with Gasteiger partial charge < -0.3 is 26.5 Å². The number of para-hydroxylation sites is 1. The van der Waals surface area contributed by atoms with Crippen LogP contribution in [0.1, 0.15) is 22.7 Å². The lowest BCUT2D eigenvalue weighted by molar-refractivity contribution is 0.262. The highest BCUT2D eigenvalue weighted by molar-refractivity contribution is 6.03. The molecule has 3 aromatic rings. The summed E-state index contributed by atoms with van der Waals surface area (Å²) in [4.78, 5) is 12.5. The Labute approximate surface area is 169 Å². The zero-order chi connectivity index (χ0) is 20.2. The Morgan fingerprint density at radius 1 is 1.00 bits per heavy atom. The molecule has 1 aliphatic rings. The van der Waals surface area contributed by atoms with Crippen molar-refractivity contribution in [3.8, 4) is 5.75 Å². The molecule has 1 heterocycles. The minimum Gasteiger partial charge on any atom is -0.491 e. The minimum absolute atomic E-state index is 0.323. The normalized spacial score (nSPS) is 13.1. The highest BCUT2D eigenvalue weighted by atomic mass is 16.5. The smallest absolute Gasteiger partial charge is 0.323 e. The van der Waals surface area contributed by atoms with Crippen molar-refractivity contribution in [1.82, 2.24) is 0 Å². The molecule has 0 fully saturated rings. The SMILES string of the molecule is N=C(c1ccccc1)C(N)c1cccc(NC(=O)Nc2cccc3c2OCC3)c1. The maximum Gasteiger partial charge on any atom is 0.323 e. The van der Waals surface area contributed by atoms with Crippen LogP contribution in [0, 0.1) is 5.41 Å². The van der Waals surface area contributed by atoms with E-state index in [1.807, 2.05) is 60.7 Å². The topological polar surface area (TPSA) is 100 Å². The quantitative estimate of drug-likeness (QED) is 0.491. The summed E-state index contributed by atoms with van der Waals surface area (Å²) in [5.41, 5.74) is 10.5. The molecule has 0 aromatic heterocycles. The Morgan fingerprint density at radius 3 is 2.62 bits per heavy atom. The Hall–Kier alpha value is -3.64. The van der Waals surface area contributed by atoms with Crippen LogP contribution in [0.5, 0.6) is 5.75 Å². The molecular formula is C23H22N4O2. The van der Waals surface area contributed by atoms with Crippen molar-refractivity contribution in [2.45, 2.75) is 12.5 Å². The summed E-state index contributed by atoms with van der Waals surface area (Å²) in [6.07, 6.45) is 0.847. The molecule has 29 heavy (non-hydrogen) atoms. The van der Waals surface area contributed by atoms with E-state index in [1.165, 1.54) is 0 Å². The number of anilines is 2. The molecule has 0 radical (unpaired) electrons. The molecule has 6 heteroatoms. The molecule has 0 spiro atoms. The molecule has 146 valence electrons. The van der Waals surface area contributed by atoms with Crippen molar-refractivity contribution >= 4 is 23.1 Å². The molecular weight excluding hydrogens is 364 g/mol. The van der Waals surface area contributed by atoms with E-state index in [0.717, 1.165) is 28.9 Å². The number of ether oxygens (including phenoxy) is 1. The molecule has 1 unspecified atom stereocenters. The number of rotatable bonds is 5. The molecule has 3 aromatic carbocycles. The summed E-state index contributed by atoms with van der Waals surface area (Å²) in [5, 5.41) is 14.0. The second kappa shape index (κ2) is 8.16. The summed E-state index contributed by atoms with van der Waals surface area (Å²) in [5.74, 6) is 0.731. The van der Waals surface area contributed by atoms with Crippen LogP contribution in [0.4, 0.5) is 16.2 Å². The van der Waals surface area contributed by atoms with E-state index in [2.05, 4.69) is 10.6 Å². The van der Waals surface area contributed by atoms with Gasteiger partial charge in [0.2, 0.25) is 0 Å². The molecule has 1 atom stereocenters. The Kier molecular flexibility index (Phi) is 5.27. The van der Waals surface area contributed by atoms with Gasteiger partial charge in [0.15, 0.2) is 0 Å². The molecule has 2 amide bonds. The van der Waals surface area contributed by atoms with Crippen LogP contribution < -0.4 is 21.1 Å². The van der Waals surface area contributed by atoms with Gasteiger partial charge in [-0.15, -0.1) is 0 Å². The van der Waals surface area contributed by atoms with E-state index in [0.29, 0.717) is 23.7 Å². The predicted molar refractivity (Wildman–Crippen MR) is 115 cm³/mol. The minimum atomic E-state index is -0.590. The second-order valence-corrected chi connectivity index (χ2v) is 6.85. The summed E-state index contributed by atoms with van der Waals surface area (Å²) in [6, 6.07) is 21.4. The summed E-state index contributed by atoms with van der Waals surface area (Å²) < 4.78 is 5.62. The summed E-state index contributed by atoms with van der Waals surface area (Å²) >= 11 is 0. The van der Waals surface area contributed by atoms with Crippen LogP contribution in [0.25, 0.3) is 0 Å². The third-order valence-corrected chi connectivity index (χ3v) is 4.86. The van der Waals surface area contributed by atoms with Gasteiger partial charge in [0, 0.05) is 12.1 Å². The summed E-state index contributed by atoms with van der Waals surface area (Å²) in [6.45, 7) is 0.628. The van der Waals surface area contributed by atoms with Crippen molar-refractivity contribution in [2.24, 2.45) is 5.73 Å². The Bertz CT molecular complexity index is 1050. The standard InChI is InChI=1S/C23H22N4O2/c24-20(15-6-2-1-3-7-15)21(25)17-9-4-10-18(14-17)26-23(28)27-19-11-5-8-16-12-13-29-22(16)19/h1-11,14,21,24H,12-13,25H2,(H2,26,27,28). The van der Waals surface area contributed by atoms with Crippen LogP contribution >= 0.6 is 0 Å². The first-order valence-electron chi connectivity index (χ1n) is 9.44. The fourth-order valence-electron chi connectivity index (χ4n) is 3.37. The number of carbonyl (C=O) groups excluding carboxylic acids is 1. The Balaban J connectivity index is 1.46. The zero-order valence-electron chi connectivity index (χ0n) is 15.8. The van der Waals surface area contributed by atoms with Crippen LogP contribution in [0.2, 0.25) is 0 Å². The predicted octanol–water partition coefficient (Wildman–Crippen LogP) is 4.33. The lowest BCUT2D eigenvalue weighted by atomic mass is 9.97. The molecule has 1 aliphatic heterocycles. The van der Waals surface area contributed by atoms with Gasteiger partial charge in [-0.25, -0.2) is 4.79 Å². The molecule has 0 saturated heterocycles. The van der Waals surface area contributed by atoms with Gasteiger partial charge in [-0.3, -0.25) is 0 Å². The van der Waals surface area contributed by atoms with Crippen molar-refractivity contribution in [1.29, 1.82) is 5.41 Å². The van der Waals surface area contributed by atoms with Gasteiger partial charge in [-0.2, -0.15) is 0 Å². The molecule has 0 bridgehead atoms. The number of nitrogens with two attached hydrogens (primary N) is 1. The number of benzene rings is 3. The molecule has 4 rings (SSSR count). The van der Waals surface area contributed by atoms with Crippen LogP contribution in [0.3, 0.4) is 0 Å². The van der Waals surface area contributed by atoms with Gasteiger partial charge in [0.05, 0.1) is 24.0 Å². The molecule has 6 nitrogen and oxygen atoms in total. The second-order valence-electron chi connectivity index (χ2n) is 6.85. The maximum absolute atomic E-state index is 12.5. The van der Waals surface area contributed by atoms with E-state index < -0.39 is 6.04 Å². The van der Waals surface area contributed by atoms with Crippen LogP contribution in [-0.2, 0) is 6.42 Å². The average Bonchev–Trinajstić information content (AvgIpc) is 3.23. The fraction of sp³-hybridized carbons (Fsp3) is 0.130. The molecule has 0 aliphatic carbocycles. The molecule has 0 saturated carbocycles. The number of hydrogen-bond donors (Lipinski definition) is 4. The monoisotopic (exact) mass is 386 g/mol. The van der Waals surface area contributed by atoms with Gasteiger partial charge in [-0.05, 0) is 34.9 Å². The van der Waals surface area contributed by atoms with Crippen molar-refractivity contribution in [3.05, 3.63) is 89.5 Å².